The minimum Gasteiger partial charge on any atom is -0.464 e. The van der Waals surface area contributed by atoms with Crippen LogP contribution in [-0.2, 0) is 11.8 Å². The molecular formula is C16H16N6O3. The number of nitrogens with zero attached hydrogens (tertiary/aromatic N) is 6. The van der Waals surface area contributed by atoms with E-state index in [0.717, 1.165) is 16.9 Å². The Labute approximate surface area is 142 Å². The van der Waals surface area contributed by atoms with E-state index in [1.54, 1.807) is 29.9 Å². The molecule has 25 heavy (non-hydrogen) atoms. The van der Waals surface area contributed by atoms with E-state index in [4.69, 9.17) is 0 Å². The van der Waals surface area contributed by atoms with Crippen LogP contribution in [0.25, 0.3) is 5.65 Å². The lowest BCUT2D eigenvalue weighted by Gasteiger charge is -2.19. The van der Waals surface area contributed by atoms with Crippen LogP contribution < -0.4 is 4.90 Å². The molecule has 1 fully saturated rings. The first-order chi connectivity index (χ1) is 12.0. The van der Waals surface area contributed by atoms with Crippen molar-refractivity contribution in [2.45, 2.75) is 25.2 Å². The van der Waals surface area contributed by atoms with E-state index in [-0.39, 0.29) is 17.5 Å². The Bertz CT molecular complexity index is 975. The molecule has 3 aromatic heterocycles. The zero-order valence-electron chi connectivity index (χ0n) is 13.5. The van der Waals surface area contributed by atoms with Crippen molar-refractivity contribution in [3.05, 3.63) is 36.4 Å². The number of pyridine rings is 1. The zero-order chi connectivity index (χ0) is 17.6. The van der Waals surface area contributed by atoms with E-state index < -0.39 is 6.09 Å². The summed E-state index contributed by atoms with van der Waals surface area (Å²) in [6.07, 6.45) is 5.48. The second kappa shape index (κ2) is 5.69. The number of carboxylic acid groups (broad SMARTS) is 1. The highest BCUT2D eigenvalue weighted by atomic mass is 16.4. The first-order valence-electron chi connectivity index (χ1n) is 7.90. The Morgan fingerprint density at radius 1 is 1.44 bits per heavy atom. The fourth-order valence-corrected chi connectivity index (χ4v) is 3.26. The van der Waals surface area contributed by atoms with Crippen molar-refractivity contribution in [2.24, 2.45) is 7.05 Å². The molecule has 1 N–H and O–H groups in total. The quantitative estimate of drug-likeness (QED) is 0.783. The summed E-state index contributed by atoms with van der Waals surface area (Å²) in [5.74, 6) is 0.573. The summed E-state index contributed by atoms with van der Waals surface area (Å²) >= 11 is 0. The predicted molar refractivity (Wildman–Crippen MR) is 88.0 cm³/mol. The summed E-state index contributed by atoms with van der Waals surface area (Å²) in [6.45, 7) is 0. The molecule has 128 valence electrons. The number of fused-ring (bicyclic) bond motifs is 1. The van der Waals surface area contributed by atoms with Gasteiger partial charge in [0.25, 0.3) is 0 Å². The topological polar surface area (TPSA) is 106 Å². The maximum Gasteiger partial charge on any atom is 0.417 e. The first-order valence-corrected chi connectivity index (χ1v) is 7.90. The fraction of sp³-hybridized carbons (Fsp3) is 0.312. The van der Waals surface area contributed by atoms with Crippen LogP contribution in [0, 0.1) is 0 Å². The third kappa shape index (κ3) is 2.63. The minimum atomic E-state index is -1.16. The highest BCUT2D eigenvalue weighted by Crippen LogP contribution is 2.36. The smallest absolute Gasteiger partial charge is 0.417 e. The number of Topliss-reactive ketones (excluding diaryl/α,β-unsaturated/α-hetero) is 1. The van der Waals surface area contributed by atoms with Crippen LogP contribution in [-0.4, -0.2) is 41.4 Å². The largest absolute Gasteiger partial charge is 0.464 e. The maximum atomic E-state index is 11.9. The van der Waals surface area contributed by atoms with Crippen LogP contribution in [0.15, 0.2) is 30.9 Å². The Balaban J connectivity index is 1.88. The number of hydrogen-bond donors (Lipinski definition) is 1. The second-order valence-electron chi connectivity index (χ2n) is 6.13. The number of carbonyl (C=O) groups excluding carboxylic acids is 1. The van der Waals surface area contributed by atoms with Gasteiger partial charge in [0.05, 0.1) is 5.69 Å². The van der Waals surface area contributed by atoms with Crippen molar-refractivity contribution in [2.75, 3.05) is 4.90 Å². The van der Waals surface area contributed by atoms with Crippen LogP contribution in [0.3, 0.4) is 0 Å². The Morgan fingerprint density at radius 3 is 2.92 bits per heavy atom. The Morgan fingerprint density at radius 2 is 2.28 bits per heavy atom. The van der Waals surface area contributed by atoms with Gasteiger partial charge in [-0.05, 0) is 24.0 Å². The number of carbonyl (C=O) groups is 2. The standard InChI is InChI=1S/C16H16N6O3/c1-20-5-4-14(19-20)22(16(24)25)13-7-11(10-2-3-12(23)6-10)8-21-15(13)17-9-18-21/h4-5,7-10H,2-3,6H2,1H3,(H,24,25). The average molecular weight is 340 g/mol. The van der Waals surface area contributed by atoms with Gasteiger partial charge >= 0.3 is 6.09 Å². The number of amides is 1. The van der Waals surface area contributed by atoms with Crippen LogP contribution in [0.1, 0.15) is 30.7 Å². The number of aryl methyl sites for hydroxylation is 1. The molecule has 0 saturated heterocycles. The molecule has 0 aliphatic heterocycles. The number of hydrogen-bond acceptors (Lipinski definition) is 5. The van der Waals surface area contributed by atoms with Crippen LogP contribution in [0.5, 0.6) is 0 Å². The van der Waals surface area contributed by atoms with E-state index in [9.17, 15) is 14.7 Å². The van der Waals surface area contributed by atoms with Gasteiger partial charge in [-0.2, -0.15) is 10.2 Å². The lowest BCUT2D eigenvalue weighted by Crippen LogP contribution is -2.25. The highest BCUT2D eigenvalue weighted by Gasteiger charge is 2.28. The van der Waals surface area contributed by atoms with Gasteiger partial charge in [0.15, 0.2) is 11.5 Å². The van der Waals surface area contributed by atoms with Gasteiger partial charge in [-0.15, -0.1) is 0 Å². The van der Waals surface area contributed by atoms with E-state index in [1.165, 1.54) is 11.0 Å². The maximum absolute atomic E-state index is 11.9. The third-order valence-electron chi connectivity index (χ3n) is 4.45. The van der Waals surface area contributed by atoms with Gasteiger partial charge in [-0.1, -0.05) is 0 Å². The lowest BCUT2D eigenvalue weighted by atomic mass is 9.99. The Kier molecular flexibility index (Phi) is 3.48. The third-order valence-corrected chi connectivity index (χ3v) is 4.45. The monoisotopic (exact) mass is 340 g/mol. The van der Waals surface area contributed by atoms with Crippen LogP contribution in [0.2, 0.25) is 0 Å². The number of aromatic nitrogens is 5. The van der Waals surface area contributed by atoms with Crippen LogP contribution in [0.4, 0.5) is 16.3 Å². The zero-order valence-corrected chi connectivity index (χ0v) is 13.5. The van der Waals surface area contributed by atoms with E-state index >= 15 is 0 Å². The molecule has 1 aliphatic rings. The molecule has 1 atom stereocenters. The van der Waals surface area contributed by atoms with Crippen molar-refractivity contribution in [3.8, 4) is 0 Å². The van der Waals surface area contributed by atoms with Gasteiger partial charge < -0.3 is 5.11 Å². The molecule has 1 aliphatic carbocycles. The van der Waals surface area contributed by atoms with Gasteiger partial charge in [-0.25, -0.2) is 19.2 Å². The number of anilines is 2. The number of ketones is 1. The van der Waals surface area contributed by atoms with Gasteiger partial charge in [0.1, 0.15) is 12.1 Å². The van der Waals surface area contributed by atoms with Crippen molar-refractivity contribution >= 4 is 29.0 Å². The van der Waals surface area contributed by atoms with Gasteiger partial charge in [0.2, 0.25) is 0 Å². The second-order valence-corrected chi connectivity index (χ2v) is 6.13. The highest BCUT2D eigenvalue weighted by molar-refractivity contribution is 5.97. The molecule has 9 nitrogen and oxygen atoms in total. The summed E-state index contributed by atoms with van der Waals surface area (Å²) in [6, 6.07) is 3.39. The van der Waals surface area contributed by atoms with E-state index in [0.29, 0.717) is 24.2 Å². The van der Waals surface area contributed by atoms with Crippen molar-refractivity contribution in [1.29, 1.82) is 0 Å². The van der Waals surface area contributed by atoms with Crippen molar-refractivity contribution in [1.82, 2.24) is 24.4 Å². The minimum absolute atomic E-state index is 0.0687. The molecular weight excluding hydrogens is 324 g/mol. The molecule has 1 unspecified atom stereocenters. The molecule has 0 aromatic carbocycles. The summed E-state index contributed by atoms with van der Waals surface area (Å²) in [4.78, 5) is 28.8. The van der Waals surface area contributed by atoms with Gasteiger partial charge in [-0.3, -0.25) is 9.48 Å². The average Bonchev–Trinajstić information content (AvgIpc) is 3.28. The van der Waals surface area contributed by atoms with E-state index in [2.05, 4.69) is 15.2 Å². The first kappa shape index (κ1) is 15.3. The molecule has 0 spiro atoms. The molecule has 4 rings (SSSR count). The van der Waals surface area contributed by atoms with E-state index in [1.807, 2.05) is 6.20 Å². The molecule has 1 amide bonds. The summed E-state index contributed by atoms with van der Waals surface area (Å²) in [7, 11) is 1.72. The van der Waals surface area contributed by atoms with Crippen molar-refractivity contribution < 1.29 is 14.7 Å². The number of rotatable bonds is 3. The normalized spacial score (nSPS) is 17.3. The summed E-state index contributed by atoms with van der Waals surface area (Å²) in [5.41, 5.74) is 1.67. The van der Waals surface area contributed by atoms with Crippen molar-refractivity contribution in [3.63, 3.8) is 0 Å². The molecule has 1 saturated carbocycles. The molecule has 3 aromatic rings. The predicted octanol–water partition coefficient (Wildman–Crippen LogP) is 2.12. The molecule has 0 bridgehead atoms. The molecule has 3 heterocycles. The van der Waals surface area contributed by atoms with Gasteiger partial charge in [0, 0.05) is 38.3 Å². The fourth-order valence-electron chi connectivity index (χ4n) is 3.26. The Hall–Kier alpha value is -3.23. The molecule has 0 radical (unpaired) electrons. The molecule has 9 heteroatoms. The summed E-state index contributed by atoms with van der Waals surface area (Å²) in [5, 5.41) is 18.1. The summed E-state index contributed by atoms with van der Waals surface area (Å²) < 4.78 is 3.08. The van der Waals surface area contributed by atoms with Crippen LogP contribution >= 0.6 is 0 Å². The lowest BCUT2D eigenvalue weighted by molar-refractivity contribution is -0.117. The SMILES string of the molecule is Cn1ccc(N(C(=O)O)c2cc(C3CCC(=O)C3)cn3ncnc23)n1.